The molecule has 0 aliphatic rings. The zero-order chi connectivity index (χ0) is 39.2. The standard InChI is InChI=1S/C54H36N2O3/c1-33-17-3-10-26-42(33)55(44-28-15-24-39-35-19-7-12-30-46(35)57-52(39)44)50-37-21-5-6-22-38(37)51(54-49(50)41-23-9-14-32-48(41)59-54)56(43-27-11-4-18-34(43)2)45-29-16-25-40-36-20-8-13-31-47(36)58-53(40)45/h3-32H,1-2H3. The van der Waals surface area contributed by atoms with Crippen LogP contribution >= 0.6 is 0 Å². The number of fused-ring (bicyclic) bond motifs is 10. The van der Waals surface area contributed by atoms with E-state index in [0.717, 1.165) is 122 Å². The van der Waals surface area contributed by atoms with Gasteiger partial charge < -0.3 is 23.1 Å². The highest BCUT2D eigenvalue weighted by molar-refractivity contribution is 6.29. The molecule has 0 spiro atoms. The summed E-state index contributed by atoms with van der Waals surface area (Å²) in [5.74, 6) is 0. The summed E-state index contributed by atoms with van der Waals surface area (Å²) in [5, 5.41) is 8.40. The second kappa shape index (κ2) is 12.9. The Hall–Kier alpha value is -7.76. The van der Waals surface area contributed by atoms with Crippen LogP contribution in [0.1, 0.15) is 11.1 Å². The molecule has 12 aromatic rings. The number of nitrogens with zero attached hydrogens (tertiary/aromatic N) is 2. The Kier molecular flexibility index (Phi) is 7.29. The van der Waals surface area contributed by atoms with Crippen molar-refractivity contribution in [3.05, 3.63) is 193 Å². The summed E-state index contributed by atoms with van der Waals surface area (Å²) in [6.07, 6.45) is 0. The molecule has 280 valence electrons. The van der Waals surface area contributed by atoms with Crippen LogP contribution in [0.4, 0.5) is 34.1 Å². The average molecular weight is 761 g/mol. The van der Waals surface area contributed by atoms with Crippen LogP contribution in [0.5, 0.6) is 0 Å². The molecule has 5 heteroatoms. The van der Waals surface area contributed by atoms with Gasteiger partial charge in [-0.15, -0.1) is 0 Å². The minimum Gasteiger partial charge on any atom is -0.454 e. The predicted molar refractivity (Wildman–Crippen MR) is 245 cm³/mol. The van der Waals surface area contributed by atoms with Crippen LogP contribution in [0, 0.1) is 13.8 Å². The highest BCUT2D eigenvalue weighted by atomic mass is 16.3. The molecule has 0 N–H and O–H groups in total. The van der Waals surface area contributed by atoms with Gasteiger partial charge in [0, 0.05) is 49.1 Å². The Morgan fingerprint density at radius 2 is 0.644 bits per heavy atom. The molecule has 5 nitrogen and oxygen atoms in total. The van der Waals surface area contributed by atoms with Gasteiger partial charge in [-0.05, 0) is 67.4 Å². The van der Waals surface area contributed by atoms with E-state index in [1.54, 1.807) is 0 Å². The first-order valence-electron chi connectivity index (χ1n) is 20.0. The fraction of sp³-hybridized carbons (Fsp3) is 0.0370. The molecule has 0 fully saturated rings. The Labute approximate surface area is 339 Å². The van der Waals surface area contributed by atoms with E-state index in [0.29, 0.717) is 0 Å². The number of hydrogen-bond acceptors (Lipinski definition) is 5. The van der Waals surface area contributed by atoms with Crippen molar-refractivity contribution in [2.24, 2.45) is 0 Å². The third-order valence-electron chi connectivity index (χ3n) is 11.9. The molecule has 12 rings (SSSR count). The van der Waals surface area contributed by atoms with Gasteiger partial charge in [0.2, 0.25) is 0 Å². The van der Waals surface area contributed by atoms with E-state index in [1.807, 2.05) is 30.3 Å². The summed E-state index contributed by atoms with van der Waals surface area (Å²) in [6.45, 7) is 4.34. The van der Waals surface area contributed by atoms with Crippen LogP contribution in [0.3, 0.4) is 0 Å². The van der Waals surface area contributed by atoms with Gasteiger partial charge in [0.1, 0.15) is 16.7 Å². The fourth-order valence-corrected chi connectivity index (χ4v) is 9.24. The van der Waals surface area contributed by atoms with Crippen molar-refractivity contribution in [1.29, 1.82) is 0 Å². The highest BCUT2D eigenvalue weighted by Gasteiger charge is 2.32. The minimum absolute atomic E-state index is 0.770. The molecule has 9 aromatic carbocycles. The maximum Gasteiger partial charge on any atom is 0.162 e. The Morgan fingerprint density at radius 3 is 1.17 bits per heavy atom. The molecule has 0 atom stereocenters. The van der Waals surface area contributed by atoms with Crippen molar-refractivity contribution in [3.8, 4) is 0 Å². The van der Waals surface area contributed by atoms with E-state index >= 15 is 0 Å². The van der Waals surface area contributed by atoms with Gasteiger partial charge in [-0.25, -0.2) is 0 Å². The predicted octanol–water partition coefficient (Wildman–Crippen LogP) is 16.1. The van der Waals surface area contributed by atoms with E-state index in [2.05, 4.69) is 175 Å². The first-order valence-corrected chi connectivity index (χ1v) is 20.0. The van der Waals surface area contributed by atoms with E-state index in [4.69, 9.17) is 13.3 Å². The number of hydrogen-bond donors (Lipinski definition) is 0. The smallest absolute Gasteiger partial charge is 0.162 e. The molecule has 0 saturated heterocycles. The Bertz CT molecular complexity index is 3630. The summed E-state index contributed by atoms with van der Waals surface area (Å²) in [5.41, 5.74) is 13.1. The van der Waals surface area contributed by atoms with Gasteiger partial charge in [-0.2, -0.15) is 0 Å². The molecular weight excluding hydrogens is 725 g/mol. The molecule has 0 aliphatic heterocycles. The molecule has 3 heterocycles. The van der Waals surface area contributed by atoms with Gasteiger partial charge in [0.05, 0.1) is 28.1 Å². The molecular formula is C54H36N2O3. The number of para-hydroxylation sites is 7. The van der Waals surface area contributed by atoms with Crippen LogP contribution in [0.25, 0.3) is 76.6 Å². The maximum atomic E-state index is 7.23. The zero-order valence-electron chi connectivity index (χ0n) is 32.4. The lowest BCUT2D eigenvalue weighted by Gasteiger charge is -2.32. The minimum atomic E-state index is 0.770. The van der Waals surface area contributed by atoms with E-state index in [9.17, 15) is 0 Å². The number of anilines is 6. The zero-order valence-corrected chi connectivity index (χ0v) is 32.4. The van der Waals surface area contributed by atoms with Crippen LogP contribution in [0.15, 0.2) is 195 Å². The third-order valence-corrected chi connectivity index (χ3v) is 11.9. The van der Waals surface area contributed by atoms with Crippen molar-refractivity contribution < 1.29 is 13.3 Å². The first kappa shape index (κ1) is 33.4. The summed E-state index contributed by atoms with van der Waals surface area (Å²) in [6, 6.07) is 63.8. The average Bonchev–Trinajstić information content (AvgIpc) is 3.98. The molecule has 0 saturated carbocycles. The third kappa shape index (κ3) is 4.91. The second-order valence-electron chi connectivity index (χ2n) is 15.3. The first-order chi connectivity index (χ1) is 29.1. The van der Waals surface area contributed by atoms with Crippen molar-refractivity contribution >= 4 is 111 Å². The molecule has 0 aliphatic carbocycles. The van der Waals surface area contributed by atoms with Crippen LogP contribution < -0.4 is 9.80 Å². The largest absolute Gasteiger partial charge is 0.454 e. The quantitative estimate of drug-likeness (QED) is 0.158. The Morgan fingerprint density at radius 1 is 0.288 bits per heavy atom. The van der Waals surface area contributed by atoms with Gasteiger partial charge in [-0.3, -0.25) is 0 Å². The van der Waals surface area contributed by atoms with Gasteiger partial charge in [0.15, 0.2) is 16.7 Å². The lowest BCUT2D eigenvalue weighted by molar-refractivity contribution is 0.666. The van der Waals surface area contributed by atoms with Gasteiger partial charge >= 0.3 is 0 Å². The van der Waals surface area contributed by atoms with Crippen molar-refractivity contribution in [1.82, 2.24) is 0 Å². The Balaban J connectivity index is 1.27. The van der Waals surface area contributed by atoms with Gasteiger partial charge in [0.25, 0.3) is 0 Å². The molecule has 59 heavy (non-hydrogen) atoms. The number of furan rings is 3. The fourth-order valence-electron chi connectivity index (χ4n) is 9.24. The summed E-state index contributed by atoms with van der Waals surface area (Å²) in [4.78, 5) is 4.75. The van der Waals surface area contributed by atoms with E-state index in [-0.39, 0.29) is 0 Å². The lowest BCUT2D eigenvalue weighted by atomic mass is 9.96. The lowest BCUT2D eigenvalue weighted by Crippen LogP contribution is -2.15. The molecule has 0 unspecified atom stereocenters. The van der Waals surface area contributed by atoms with E-state index < -0.39 is 0 Å². The van der Waals surface area contributed by atoms with E-state index in [1.165, 1.54) is 0 Å². The summed E-state index contributed by atoms with van der Waals surface area (Å²) in [7, 11) is 0. The van der Waals surface area contributed by atoms with Crippen molar-refractivity contribution in [2.75, 3.05) is 9.80 Å². The maximum absolute atomic E-state index is 7.23. The molecule has 0 radical (unpaired) electrons. The topological polar surface area (TPSA) is 45.9 Å². The van der Waals surface area contributed by atoms with Crippen molar-refractivity contribution in [3.63, 3.8) is 0 Å². The molecule has 0 bridgehead atoms. The monoisotopic (exact) mass is 760 g/mol. The normalized spacial score (nSPS) is 11.9. The molecule has 3 aromatic heterocycles. The second-order valence-corrected chi connectivity index (χ2v) is 15.3. The summed E-state index contributed by atoms with van der Waals surface area (Å²) < 4.78 is 20.8. The highest BCUT2D eigenvalue weighted by Crippen LogP contribution is 2.56. The molecule has 0 amide bonds. The summed E-state index contributed by atoms with van der Waals surface area (Å²) >= 11 is 0. The van der Waals surface area contributed by atoms with Crippen LogP contribution in [0.2, 0.25) is 0 Å². The number of benzene rings is 9. The van der Waals surface area contributed by atoms with Crippen LogP contribution in [-0.4, -0.2) is 0 Å². The van der Waals surface area contributed by atoms with Gasteiger partial charge in [-0.1, -0.05) is 140 Å². The number of aryl methyl sites for hydroxylation is 2. The van der Waals surface area contributed by atoms with Crippen LogP contribution in [-0.2, 0) is 0 Å². The number of rotatable bonds is 6. The SMILES string of the molecule is Cc1ccccc1N(c1cccc2c1oc1ccccc12)c1c2ccccc2c(N(c2ccccc2C)c2cccc3c2oc2ccccc23)c2c1oc1ccccc12. The van der Waals surface area contributed by atoms with Crippen molar-refractivity contribution in [2.45, 2.75) is 13.8 Å².